The van der Waals surface area contributed by atoms with Crippen molar-refractivity contribution in [3.8, 4) is 23.0 Å². The molecule has 0 spiro atoms. The minimum Gasteiger partial charge on any atom is -0.381 e. The zero-order chi connectivity index (χ0) is 19.8. The van der Waals surface area contributed by atoms with Gasteiger partial charge in [0.05, 0.1) is 16.3 Å². The topological polar surface area (TPSA) is 49.2 Å². The summed E-state index contributed by atoms with van der Waals surface area (Å²) in [6.07, 6.45) is 10.3. The van der Waals surface area contributed by atoms with E-state index in [1.807, 2.05) is 36.4 Å². The Kier molecular flexibility index (Phi) is 4.71. The highest BCUT2D eigenvalue weighted by molar-refractivity contribution is 7.15. The van der Waals surface area contributed by atoms with Gasteiger partial charge >= 0.3 is 0 Å². The van der Waals surface area contributed by atoms with Crippen LogP contribution in [0, 0.1) is 18.3 Å². The molecule has 3 saturated heterocycles. The first-order chi connectivity index (χ1) is 14.2. The Bertz CT molecular complexity index is 1030. The lowest BCUT2D eigenvalue weighted by Crippen LogP contribution is -2.63. The number of hydrogen-bond donors (Lipinski definition) is 1. The molecule has 0 amide bonds. The SMILES string of the molecule is C#CC1N2CCC(CC2)C1(O)c1sc(-c2ccccn2)nc1Cc1ccccc1. The van der Waals surface area contributed by atoms with Gasteiger partial charge in [-0.25, -0.2) is 4.98 Å². The highest BCUT2D eigenvalue weighted by atomic mass is 32.1. The molecule has 2 atom stereocenters. The summed E-state index contributed by atoms with van der Waals surface area (Å²) < 4.78 is 0. The van der Waals surface area contributed by atoms with Gasteiger partial charge in [-0.1, -0.05) is 42.3 Å². The van der Waals surface area contributed by atoms with E-state index in [4.69, 9.17) is 11.4 Å². The molecule has 6 rings (SSSR count). The summed E-state index contributed by atoms with van der Waals surface area (Å²) in [5, 5.41) is 12.9. The maximum atomic E-state index is 12.1. The van der Waals surface area contributed by atoms with Crippen molar-refractivity contribution in [2.45, 2.75) is 30.9 Å². The Balaban J connectivity index is 1.64. The van der Waals surface area contributed by atoms with Crippen LogP contribution in [-0.2, 0) is 12.0 Å². The lowest BCUT2D eigenvalue weighted by Gasteiger charge is -2.54. The van der Waals surface area contributed by atoms with Gasteiger partial charge in [-0.15, -0.1) is 17.8 Å². The highest BCUT2D eigenvalue weighted by Gasteiger charge is 2.55. The molecule has 1 N–H and O–H groups in total. The average Bonchev–Trinajstić information content (AvgIpc) is 3.20. The fourth-order valence-electron chi connectivity index (χ4n) is 4.81. The molecular weight excluding hydrogens is 378 g/mol. The van der Waals surface area contributed by atoms with Gasteiger partial charge in [0.25, 0.3) is 0 Å². The Labute approximate surface area is 175 Å². The van der Waals surface area contributed by atoms with Gasteiger partial charge in [-0.2, -0.15) is 0 Å². The third kappa shape index (κ3) is 3.08. The molecule has 3 aliphatic rings. The number of aliphatic hydroxyl groups is 1. The van der Waals surface area contributed by atoms with E-state index in [2.05, 4.69) is 27.9 Å². The largest absolute Gasteiger partial charge is 0.381 e. The average molecular weight is 402 g/mol. The van der Waals surface area contributed by atoms with E-state index < -0.39 is 5.60 Å². The summed E-state index contributed by atoms with van der Waals surface area (Å²) in [6.45, 7) is 1.92. The van der Waals surface area contributed by atoms with Crippen molar-refractivity contribution in [1.29, 1.82) is 0 Å². The van der Waals surface area contributed by atoms with Crippen LogP contribution in [-0.4, -0.2) is 39.1 Å². The van der Waals surface area contributed by atoms with Crippen LogP contribution >= 0.6 is 11.3 Å². The molecule has 3 aromatic rings. The van der Waals surface area contributed by atoms with Crippen molar-refractivity contribution >= 4 is 11.3 Å². The van der Waals surface area contributed by atoms with E-state index >= 15 is 0 Å². The van der Waals surface area contributed by atoms with E-state index in [1.165, 1.54) is 5.56 Å². The summed E-state index contributed by atoms with van der Waals surface area (Å²) in [5.74, 6) is 3.07. The molecule has 4 nitrogen and oxygen atoms in total. The van der Waals surface area contributed by atoms with Crippen LogP contribution in [0.2, 0.25) is 0 Å². The summed E-state index contributed by atoms with van der Waals surface area (Å²) >= 11 is 1.55. The smallest absolute Gasteiger partial charge is 0.142 e. The Morgan fingerprint density at radius 1 is 1.14 bits per heavy atom. The van der Waals surface area contributed by atoms with E-state index in [0.717, 1.165) is 47.2 Å². The molecule has 2 bridgehead atoms. The minimum atomic E-state index is -1.06. The summed E-state index contributed by atoms with van der Waals surface area (Å²) in [6, 6.07) is 15.8. The molecule has 3 fully saturated rings. The normalized spacial score (nSPS) is 28.2. The third-order valence-electron chi connectivity index (χ3n) is 6.25. The second-order valence-electron chi connectivity index (χ2n) is 7.88. The number of piperidine rings is 3. The lowest BCUT2D eigenvalue weighted by molar-refractivity contribution is -0.141. The molecule has 0 saturated carbocycles. The van der Waals surface area contributed by atoms with Crippen LogP contribution < -0.4 is 0 Å². The number of benzene rings is 1. The maximum Gasteiger partial charge on any atom is 0.142 e. The second-order valence-corrected chi connectivity index (χ2v) is 8.88. The number of hydrogen-bond acceptors (Lipinski definition) is 5. The van der Waals surface area contributed by atoms with Crippen molar-refractivity contribution in [3.05, 3.63) is 70.9 Å². The van der Waals surface area contributed by atoms with Gasteiger partial charge in [-0.05, 0) is 49.5 Å². The van der Waals surface area contributed by atoms with E-state index in [-0.39, 0.29) is 12.0 Å². The Morgan fingerprint density at radius 3 is 2.59 bits per heavy atom. The van der Waals surface area contributed by atoms with Crippen molar-refractivity contribution in [1.82, 2.24) is 14.9 Å². The number of aromatic nitrogens is 2. The second kappa shape index (κ2) is 7.38. The molecule has 2 unspecified atom stereocenters. The number of nitrogens with zero attached hydrogens (tertiary/aromatic N) is 3. The van der Waals surface area contributed by atoms with Gasteiger partial charge in [0.1, 0.15) is 16.7 Å². The quantitative estimate of drug-likeness (QED) is 0.677. The van der Waals surface area contributed by atoms with Gasteiger partial charge < -0.3 is 5.11 Å². The first kappa shape index (κ1) is 18.5. The number of pyridine rings is 1. The van der Waals surface area contributed by atoms with Crippen LogP contribution in [0.15, 0.2) is 54.7 Å². The number of terminal acetylenes is 1. The Morgan fingerprint density at radius 2 is 1.90 bits per heavy atom. The number of thiazole rings is 1. The number of rotatable bonds is 4. The molecule has 3 aliphatic heterocycles. The zero-order valence-corrected chi connectivity index (χ0v) is 17.0. The van der Waals surface area contributed by atoms with Crippen molar-refractivity contribution in [2.24, 2.45) is 5.92 Å². The van der Waals surface area contributed by atoms with Crippen LogP contribution in [0.25, 0.3) is 10.7 Å². The predicted octanol–water partition coefficient (Wildman–Crippen LogP) is 3.71. The zero-order valence-electron chi connectivity index (χ0n) is 16.2. The standard InChI is InChI=1S/C24H23N3OS/c1-2-21-24(28,18-11-14-27(21)15-12-18)22-20(16-17-8-4-3-5-9-17)26-23(29-22)19-10-6-7-13-25-19/h1,3-10,13,18,21,28H,11-12,14-16H2. The van der Waals surface area contributed by atoms with Crippen LogP contribution in [0.1, 0.15) is 29.0 Å². The highest BCUT2D eigenvalue weighted by Crippen LogP contribution is 2.50. The minimum absolute atomic E-state index is 0.167. The molecule has 29 heavy (non-hydrogen) atoms. The molecule has 0 radical (unpaired) electrons. The van der Waals surface area contributed by atoms with Crippen LogP contribution in [0.5, 0.6) is 0 Å². The van der Waals surface area contributed by atoms with Gasteiger partial charge in [0.15, 0.2) is 0 Å². The maximum absolute atomic E-state index is 12.1. The molecule has 0 aliphatic carbocycles. The molecule has 1 aromatic carbocycles. The molecule has 5 heteroatoms. The molecule has 5 heterocycles. The predicted molar refractivity (Wildman–Crippen MR) is 115 cm³/mol. The summed E-state index contributed by atoms with van der Waals surface area (Å²) in [4.78, 5) is 12.6. The lowest BCUT2D eigenvalue weighted by atomic mass is 9.69. The number of fused-ring (bicyclic) bond motifs is 3. The van der Waals surface area contributed by atoms with E-state index in [0.29, 0.717) is 6.42 Å². The molecular formula is C24H23N3OS. The molecule has 2 aromatic heterocycles. The van der Waals surface area contributed by atoms with Crippen molar-refractivity contribution in [3.63, 3.8) is 0 Å². The summed E-state index contributed by atoms with van der Waals surface area (Å²) in [5.41, 5.74) is 1.87. The fraction of sp³-hybridized carbons (Fsp3) is 0.333. The first-order valence-corrected chi connectivity index (χ1v) is 10.9. The van der Waals surface area contributed by atoms with Crippen molar-refractivity contribution in [2.75, 3.05) is 13.1 Å². The third-order valence-corrected chi connectivity index (χ3v) is 7.51. The van der Waals surface area contributed by atoms with E-state index in [9.17, 15) is 5.11 Å². The van der Waals surface area contributed by atoms with Crippen LogP contribution in [0.3, 0.4) is 0 Å². The van der Waals surface area contributed by atoms with Gasteiger partial charge in [0.2, 0.25) is 0 Å². The summed E-state index contributed by atoms with van der Waals surface area (Å²) in [7, 11) is 0. The van der Waals surface area contributed by atoms with Crippen molar-refractivity contribution < 1.29 is 5.11 Å². The van der Waals surface area contributed by atoms with Crippen LogP contribution in [0.4, 0.5) is 0 Å². The van der Waals surface area contributed by atoms with Gasteiger partial charge in [-0.3, -0.25) is 9.88 Å². The molecule has 146 valence electrons. The van der Waals surface area contributed by atoms with Gasteiger partial charge in [0, 0.05) is 12.6 Å². The Hall–Kier alpha value is -2.52. The first-order valence-electron chi connectivity index (χ1n) is 10.1. The monoisotopic (exact) mass is 401 g/mol. The fourth-order valence-corrected chi connectivity index (χ4v) is 6.07. The van der Waals surface area contributed by atoms with E-state index in [1.54, 1.807) is 17.5 Å².